The fraction of sp³-hybridized carbons (Fsp3) is 0.600. The van der Waals surface area contributed by atoms with Crippen LogP contribution in [-0.2, 0) is 0 Å². The van der Waals surface area contributed by atoms with Crippen molar-refractivity contribution in [2.45, 2.75) is 51.0 Å². The molecule has 0 bridgehead atoms. The Balaban J connectivity index is 2.24. The molecule has 20 heavy (non-hydrogen) atoms. The molecule has 112 valence electrons. The molecule has 0 radical (unpaired) electrons. The number of nitrogens with one attached hydrogen (secondary N) is 1. The molecule has 0 aliphatic heterocycles. The van der Waals surface area contributed by atoms with Crippen LogP contribution < -0.4 is 11.3 Å². The Hall–Kier alpha value is -0.160. The monoisotopic (exact) mass is 362 g/mol. The molecule has 1 aliphatic rings. The van der Waals surface area contributed by atoms with E-state index < -0.39 is 0 Å². The van der Waals surface area contributed by atoms with Crippen LogP contribution in [0.5, 0.6) is 0 Å². The van der Waals surface area contributed by atoms with E-state index in [0.717, 1.165) is 12.8 Å². The van der Waals surface area contributed by atoms with E-state index in [2.05, 4.69) is 21.4 Å². The Bertz CT molecular complexity index is 448. The molecule has 0 aromatic heterocycles. The number of hydrazine groups is 1. The van der Waals surface area contributed by atoms with Crippen LogP contribution in [0.25, 0.3) is 0 Å². The smallest absolute Gasteiger partial charge is 0.147 e. The largest absolute Gasteiger partial charge is 0.271 e. The zero-order valence-electron chi connectivity index (χ0n) is 11.5. The van der Waals surface area contributed by atoms with Crippen LogP contribution in [0.1, 0.15) is 56.6 Å². The molecular weight excluding hydrogens is 343 g/mol. The van der Waals surface area contributed by atoms with Gasteiger partial charge in [0.15, 0.2) is 0 Å². The molecule has 1 atom stereocenters. The van der Waals surface area contributed by atoms with Crippen LogP contribution in [0.4, 0.5) is 4.39 Å². The van der Waals surface area contributed by atoms with Gasteiger partial charge in [0.1, 0.15) is 5.82 Å². The first kappa shape index (κ1) is 16.2. The summed E-state index contributed by atoms with van der Waals surface area (Å²) in [4.78, 5) is 0. The highest BCUT2D eigenvalue weighted by Gasteiger charge is 2.26. The summed E-state index contributed by atoms with van der Waals surface area (Å²) in [7, 11) is 0. The Morgan fingerprint density at radius 3 is 2.40 bits per heavy atom. The van der Waals surface area contributed by atoms with Gasteiger partial charge in [-0.1, -0.05) is 49.8 Å². The van der Waals surface area contributed by atoms with Gasteiger partial charge < -0.3 is 0 Å². The maximum absolute atomic E-state index is 14.4. The van der Waals surface area contributed by atoms with Crippen molar-refractivity contribution in [3.05, 3.63) is 33.0 Å². The van der Waals surface area contributed by atoms with Crippen LogP contribution in [0.2, 0.25) is 5.02 Å². The van der Waals surface area contributed by atoms with Gasteiger partial charge in [0.25, 0.3) is 0 Å². The molecule has 2 rings (SSSR count). The van der Waals surface area contributed by atoms with Crippen LogP contribution in [0.3, 0.4) is 0 Å². The van der Waals surface area contributed by atoms with Crippen molar-refractivity contribution in [1.29, 1.82) is 0 Å². The van der Waals surface area contributed by atoms with Gasteiger partial charge in [0.2, 0.25) is 0 Å². The molecule has 1 fully saturated rings. The van der Waals surface area contributed by atoms with Gasteiger partial charge in [-0.2, -0.15) is 0 Å². The third-order valence-corrected chi connectivity index (χ3v) is 5.46. The number of halogens is 3. The minimum absolute atomic E-state index is 0.133. The summed E-state index contributed by atoms with van der Waals surface area (Å²) in [6.07, 6.45) is 8.38. The second-order valence-electron chi connectivity index (χ2n) is 5.51. The third kappa shape index (κ3) is 3.73. The molecule has 5 heteroatoms. The SMILES string of the molecule is NNC(c1ccc(Br)c(Cl)c1F)C1CCCCCCC1. The summed E-state index contributed by atoms with van der Waals surface area (Å²) in [6, 6.07) is 3.39. The first-order chi connectivity index (χ1) is 9.65. The molecule has 1 unspecified atom stereocenters. The lowest BCUT2D eigenvalue weighted by molar-refractivity contribution is 0.285. The Morgan fingerprint density at radius 2 is 1.80 bits per heavy atom. The zero-order chi connectivity index (χ0) is 14.5. The molecule has 1 aromatic carbocycles. The fourth-order valence-corrected chi connectivity index (χ4v) is 3.56. The second-order valence-corrected chi connectivity index (χ2v) is 6.75. The van der Waals surface area contributed by atoms with Gasteiger partial charge in [-0.05, 0) is 40.8 Å². The van der Waals surface area contributed by atoms with Crippen molar-refractivity contribution in [2.75, 3.05) is 0 Å². The van der Waals surface area contributed by atoms with Gasteiger partial charge in [-0.15, -0.1) is 0 Å². The van der Waals surface area contributed by atoms with Crippen LogP contribution in [0.15, 0.2) is 16.6 Å². The quantitative estimate of drug-likeness (QED) is 0.445. The lowest BCUT2D eigenvalue weighted by Crippen LogP contribution is -2.34. The second kappa shape index (κ2) is 7.74. The number of benzene rings is 1. The van der Waals surface area contributed by atoms with Gasteiger partial charge >= 0.3 is 0 Å². The average molecular weight is 364 g/mol. The van der Waals surface area contributed by atoms with Crippen LogP contribution >= 0.6 is 27.5 Å². The lowest BCUT2D eigenvalue weighted by Gasteiger charge is -2.29. The molecule has 1 aliphatic carbocycles. The summed E-state index contributed by atoms with van der Waals surface area (Å²) < 4.78 is 15.0. The van der Waals surface area contributed by atoms with E-state index >= 15 is 0 Å². The Labute approximate surface area is 133 Å². The van der Waals surface area contributed by atoms with Crippen molar-refractivity contribution in [2.24, 2.45) is 11.8 Å². The summed E-state index contributed by atoms with van der Waals surface area (Å²) in [6.45, 7) is 0. The van der Waals surface area contributed by atoms with Crippen molar-refractivity contribution in [3.63, 3.8) is 0 Å². The predicted molar refractivity (Wildman–Crippen MR) is 85.0 cm³/mol. The van der Waals surface area contributed by atoms with Gasteiger partial charge in [-0.3, -0.25) is 11.3 Å². The highest BCUT2D eigenvalue weighted by atomic mass is 79.9. The van der Waals surface area contributed by atoms with Crippen molar-refractivity contribution in [3.8, 4) is 0 Å². The minimum atomic E-state index is -0.369. The Kier molecular flexibility index (Phi) is 6.27. The van der Waals surface area contributed by atoms with E-state index in [4.69, 9.17) is 17.4 Å². The normalized spacial score (nSPS) is 19.4. The first-order valence-corrected chi connectivity index (χ1v) is 8.41. The molecule has 2 nitrogen and oxygen atoms in total. The summed E-state index contributed by atoms with van der Waals surface area (Å²) in [5.74, 6) is 5.71. The lowest BCUT2D eigenvalue weighted by atomic mass is 9.83. The molecule has 3 N–H and O–H groups in total. The third-order valence-electron chi connectivity index (χ3n) is 4.20. The van der Waals surface area contributed by atoms with Crippen molar-refractivity contribution >= 4 is 27.5 Å². The molecule has 0 heterocycles. The summed E-state index contributed by atoms with van der Waals surface area (Å²) in [5.41, 5.74) is 3.39. The molecule has 1 aromatic rings. The number of hydrogen-bond donors (Lipinski definition) is 2. The summed E-state index contributed by atoms with van der Waals surface area (Å²) in [5, 5.41) is 0.133. The number of nitrogens with two attached hydrogens (primary N) is 1. The Morgan fingerprint density at radius 1 is 1.20 bits per heavy atom. The van der Waals surface area contributed by atoms with E-state index in [9.17, 15) is 4.39 Å². The van der Waals surface area contributed by atoms with Gasteiger partial charge in [0.05, 0.1) is 11.1 Å². The molecular formula is C15H21BrClFN2. The van der Waals surface area contributed by atoms with Gasteiger partial charge in [-0.25, -0.2) is 4.39 Å². The van der Waals surface area contributed by atoms with E-state index in [1.807, 2.05) is 0 Å². The predicted octanol–water partition coefficient (Wildman–Crippen LogP) is 5.11. The number of rotatable bonds is 3. The van der Waals surface area contributed by atoms with Crippen molar-refractivity contribution < 1.29 is 4.39 Å². The highest BCUT2D eigenvalue weighted by Crippen LogP contribution is 2.37. The molecule has 0 amide bonds. The van der Waals surface area contributed by atoms with Crippen molar-refractivity contribution in [1.82, 2.24) is 5.43 Å². The maximum atomic E-state index is 14.4. The van der Waals surface area contributed by atoms with Crippen LogP contribution in [0, 0.1) is 11.7 Å². The van der Waals surface area contributed by atoms with E-state index in [-0.39, 0.29) is 16.9 Å². The molecule has 0 spiro atoms. The average Bonchev–Trinajstić information content (AvgIpc) is 2.41. The van der Waals surface area contributed by atoms with E-state index in [0.29, 0.717) is 16.0 Å². The van der Waals surface area contributed by atoms with Crippen LogP contribution in [-0.4, -0.2) is 0 Å². The van der Waals surface area contributed by atoms with E-state index in [1.54, 1.807) is 12.1 Å². The molecule has 1 saturated carbocycles. The molecule has 0 saturated heterocycles. The standard InChI is InChI=1S/C15H21BrClFN2/c16-12-9-8-11(14(18)13(12)17)15(20-19)10-6-4-2-1-3-5-7-10/h8-10,15,20H,1-7,19H2. The highest BCUT2D eigenvalue weighted by molar-refractivity contribution is 9.10. The van der Waals surface area contributed by atoms with Gasteiger partial charge in [0, 0.05) is 10.0 Å². The number of hydrogen-bond acceptors (Lipinski definition) is 2. The fourth-order valence-electron chi connectivity index (χ4n) is 3.08. The summed E-state index contributed by atoms with van der Waals surface area (Å²) >= 11 is 9.24. The topological polar surface area (TPSA) is 38.0 Å². The first-order valence-electron chi connectivity index (χ1n) is 7.24. The minimum Gasteiger partial charge on any atom is -0.271 e. The maximum Gasteiger partial charge on any atom is 0.147 e. The zero-order valence-corrected chi connectivity index (χ0v) is 13.8. The van der Waals surface area contributed by atoms with E-state index in [1.165, 1.54) is 32.1 Å².